The molecule has 0 saturated heterocycles. The molecular weight excluding hydrogens is 414 g/mol. The van der Waals surface area contributed by atoms with Gasteiger partial charge in [-0.15, -0.1) is 0 Å². The third kappa shape index (κ3) is 3.26. The minimum Gasteiger partial charge on any atom is -0.443 e. The summed E-state index contributed by atoms with van der Waals surface area (Å²) in [6.07, 6.45) is 9.98. The van der Waals surface area contributed by atoms with Crippen LogP contribution >= 0.6 is 11.6 Å². The highest BCUT2D eigenvalue weighted by atomic mass is 35.5. The third-order valence-electron chi connectivity index (χ3n) is 6.93. The molecule has 0 spiro atoms. The molecule has 158 valence electrons. The minimum atomic E-state index is 0.405. The molecule has 2 bridgehead atoms. The van der Waals surface area contributed by atoms with Crippen LogP contribution in [0.5, 0.6) is 0 Å². The summed E-state index contributed by atoms with van der Waals surface area (Å²) >= 11 is 6.18. The average molecular weight is 436 g/mol. The number of aromatic amines is 1. The number of rotatable bonds is 4. The fourth-order valence-corrected chi connectivity index (χ4v) is 5.47. The van der Waals surface area contributed by atoms with E-state index in [0.29, 0.717) is 51.7 Å². The van der Waals surface area contributed by atoms with Crippen LogP contribution in [0.4, 0.5) is 5.82 Å². The first-order chi connectivity index (χ1) is 15.2. The van der Waals surface area contributed by atoms with E-state index in [4.69, 9.17) is 26.0 Å². The standard InChI is InChI=1S/C22H22ClN7O/c1-11-12-2-4-13(5-3-12)18(11)27-17-9-16(22-24-6-7-31-22)26-21(28-17)19-15-8-14(23)10-25-20(15)30-29-19/h6-13,18H,2-5H2,1H3,(H,25,29,30)(H,26,27,28). The monoisotopic (exact) mass is 435 g/mol. The largest absolute Gasteiger partial charge is 0.443 e. The summed E-state index contributed by atoms with van der Waals surface area (Å²) in [7, 11) is 0. The van der Waals surface area contributed by atoms with Gasteiger partial charge < -0.3 is 9.73 Å². The maximum Gasteiger partial charge on any atom is 0.245 e. The van der Waals surface area contributed by atoms with Gasteiger partial charge in [0.25, 0.3) is 0 Å². The van der Waals surface area contributed by atoms with E-state index in [-0.39, 0.29) is 0 Å². The number of anilines is 1. The Balaban J connectivity index is 1.44. The van der Waals surface area contributed by atoms with Crippen molar-refractivity contribution in [3.05, 3.63) is 35.8 Å². The molecule has 0 amide bonds. The summed E-state index contributed by atoms with van der Waals surface area (Å²) in [5, 5.41) is 12.3. The highest BCUT2D eigenvalue weighted by Gasteiger charge is 2.41. The molecule has 0 aliphatic heterocycles. The maximum absolute atomic E-state index is 6.18. The van der Waals surface area contributed by atoms with Crippen LogP contribution in [0.2, 0.25) is 5.02 Å². The summed E-state index contributed by atoms with van der Waals surface area (Å²) in [5.74, 6) is 3.80. The van der Waals surface area contributed by atoms with Gasteiger partial charge in [-0.2, -0.15) is 5.10 Å². The van der Waals surface area contributed by atoms with Crippen molar-refractivity contribution in [2.45, 2.75) is 38.6 Å². The van der Waals surface area contributed by atoms with Crippen molar-refractivity contribution in [3.8, 4) is 23.1 Å². The summed E-state index contributed by atoms with van der Waals surface area (Å²) in [4.78, 5) is 18.1. The number of halogens is 1. The predicted molar refractivity (Wildman–Crippen MR) is 117 cm³/mol. The van der Waals surface area contributed by atoms with Crippen LogP contribution in [-0.2, 0) is 0 Å². The molecule has 3 fully saturated rings. The lowest BCUT2D eigenvalue weighted by atomic mass is 9.62. The maximum atomic E-state index is 6.18. The van der Waals surface area contributed by atoms with Gasteiger partial charge in [0.15, 0.2) is 11.5 Å². The Morgan fingerprint density at radius 1 is 1.10 bits per heavy atom. The van der Waals surface area contributed by atoms with Gasteiger partial charge in [0.2, 0.25) is 5.89 Å². The fraction of sp³-hybridized carbons (Fsp3) is 0.409. The van der Waals surface area contributed by atoms with Crippen LogP contribution in [0.15, 0.2) is 35.2 Å². The second kappa shape index (κ2) is 7.30. The van der Waals surface area contributed by atoms with Crippen molar-refractivity contribution in [1.29, 1.82) is 0 Å². The van der Waals surface area contributed by atoms with Gasteiger partial charge in [0, 0.05) is 18.3 Å². The Bertz CT molecular complexity index is 1230. The molecule has 2 atom stereocenters. The number of oxazole rings is 1. The van der Waals surface area contributed by atoms with Crippen LogP contribution in [-0.4, -0.2) is 36.2 Å². The Morgan fingerprint density at radius 2 is 1.94 bits per heavy atom. The quantitative estimate of drug-likeness (QED) is 0.466. The van der Waals surface area contributed by atoms with Crippen molar-refractivity contribution in [1.82, 2.24) is 30.1 Å². The molecule has 31 heavy (non-hydrogen) atoms. The van der Waals surface area contributed by atoms with Gasteiger partial charge in [-0.05, 0) is 49.5 Å². The number of H-pyrrole nitrogens is 1. The van der Waals surface area contributed by atoms with E-state index in [1.165, 1.54) is 25.7 Å². The number of pyridine rings is 1. The molecule has 4 heterocycles. The number of aromatic nitrogens is 6. The zero-order valence-corrected chi connectivity index (χ0v) is 17.8. The second-order valence-electron chi connectivity index (χ2n) is 8.63. The summed E-state index contributed by atoms with van der Waals surface area (Å²) in [6.45, 7) is 2.36. The SMILES string of the molecule is CC1C2CCC(CC2)C1Nc1cc(-c2ncco2)nc(-c2[nH]nc3ncc(Cl)cc23)n1. The first kappa shape index (κ1) is 18.7. The zero-order valence-electron chi connectivity index (χ0n) is 17.0. The van der Waals surface area contributed by atoms with E-state index in [1.54, 1.807) is 18.7 Å². The van der Waals surface area contributed by atoms with Gasteiger partial charge in [-0.3, -0.25) is 5.10 Å². The molecule has 0 aromatic carbocycles. The van der Waals surface area contributed by atoms with Gasteiger partial charge in [-0.1, -0.05) is 18.5 Å². The Kier molecular flexibility index (Phi) is 4.41. The lowest BCUT2D eigenvalue weighted by Crippen LogP contribution is -2.47. The van der Waals surface area contributed by atoms with Crippen LogP contribution < -0.4 is 5.32 Å². The molecular formula is C22H22ClN7O. The Hall–Kier alpha value is -3.00. The third-order valence-corrected chi connectivity index (χ3v) is 7.13. The number of hydrogen-bond donors (Lipinski definition) is 2. The van der Waals surface area contributed by atoms with Crippen molar-refractivity contribution in [2.24, 2.45) is 17.8 Å². The number of fused-ring (bicyclic) bond motifs is 4. The molecule has 2 unspecified atom stereocenters. The van der Waals surface area contributed by atoms with Crippen LogP contribution in [0.3, 0.4) is 0 Å². The van der Waals surface area contributed by atoms with Gasteiger partial charge in [0.1, 0.15) is 23.5 Å². The molecule has 0 radical (unpaired) electrons. The van der Waals surface area contributed by atoms with E-state index in [1.807, 2.05) is 12.1 Å². The average Bonchev–Trinajstić information content (AvgIpc) is 3.46. The summed E-state index contributed by atoms with van der Waals surface area (Å²) in [6, 6.07) is 4.13. The first-order valence-corrected chi connectivity index (χ1v) is 11.1. The van der Waals surface area contributed by atoms with E-state index < -0.39 is 0 Å². The van der Waals surface area contributed by atoms with E-state index in [2.05, 4.69) is 32.4 Å². The fourth-order valence-electron chi connectivity index (χ4n) is 5.31. The van der Waals surface area contributed by atoms with Crippen LogP contribution in [0.25, 0.3) is 34.1 Å². The van der Waals surface area contributed by atoms with Crippen molar-refractivity contribution in [2.75, 3.05) is 5.32 Å². The van der Waals surface area contributed by atoms with Crippen molar-refractivity contribution < 1.29 is 4.42 Å². The number of nitrogens with one attached hydrogen (secondary N) is 2. The normalized spacial score (nSPS) is 25.2. The van der Waals surface area contributed by atoms with Crippen LogP contribution in [0, 0.1) is 17.8 Å². The molecule has 4 aromatic rings. The lowest BCUT2D eigenvalue weighted by molar-refractivity contribution is 0.0928. The summed E-state index contributed by atoms with van der Waals surface area (Å²) in [5.41, 5.74) is 1.85. The highest BCUT2D eigenvalue weighted by molar-refractivity contribution is 6.31. The predicted octanol–water partition coefficient (Wildman–Crippen LogP) is 4.96. The first-order valence-electron chi connectivity index (χ1n) is 10.7. The molecule has 2 N–H and O–H groups in total. The molecule has 9 heteroatoms. The second-order valence-corrected chi connectivity index (χ2v) is 9.06. The lowest BCUT2D eigenvalue weighted by Gasteiger charge is -2.47. The molecule has 3 saturated carbocycles. The molecule has 3 aliphatic carbocycles. The molecule has 4 aromatic heterocycles. The number of nitrogens with zero attached hydrogens (tertiary/aromatic N) is 5. The van der Waals surface area contributed by atoms with Crippen molar-refractivity contribution >= 4 is 28.5 Å². The van der Waals surface area contributed by atoms with Gasteiger partial charge in [-0.25, -0.2) is 19.9 Å². The van der Waals surface area contributed by atoms with Gasteiger partial charge in [0.05, 0.1) is 16.6 Å². The smallest absolute Gasteiger partial charge is 0.245 e. The van der Waals surface area contributed by atoms with E-state index in [0.717, 1.165) is 17.1 Å². The molecule has 7 rings (SSSR count). The summed E-state index contributed by atoms with van der Waals surface area (Å²) < 4.78 is 5.53. The molecule has 3 aliphatic rings. The van der Waals surface area contributed by atoms with Crippen molar-refractivity contribution in [3.63, 3.8) is 0 Å². The molecule has 8 nitrogen and oxygen atoms in total. The van der Waals surface area contributed by atoms with Crippen LogP contribution in [0.1, 0.15) is 32.6 Å². The van der Waals surface area contributed by atoms with E-state index >= 15 is 0 Å². The topological polar surface area (TPSA) is 105 Å². The highest BCUT2D eigenvalue weighted by Crippen LogP contribution is 2.46. The minimum absolute atomic E-state index is 0.405. The van der Waals surface area contributed by atoms with E-state index in [9.17, 15) is 0 Å². The Labute approximate surface area is 183 Å². The van der Waals surface area contributed by atoms with Gasteiger partial charge >= 0.3 is 0 Å². The number of hydrogen-bond acceptors (Lipinski definition) is 7. The Morgan fingerprint density at radius 3 is 2.71 bits per heavy atom. The zero-order chi connectivity index (χ0) is 20.9.